The van der Waals surface area contributed by atoms with Crippen LogP contribution in [0.2, 0.25) is 0 Å². The summed E-state index contributed by atoms with van der Waals surface area (Å²) in [7, 11) is 0. The number of aliphatic hydroxyl groups excluding tert-OH is 2. The van der Waals surface area contributed by atoms with E-state index < -0.39 is 12.2 Å². The van der Waals surface area contributed by atoms with Gasteiger partial charge in [0, 0.05) is 0 Å². The fourth-order valence-electron chi connectivity index (χ4n) is 8.91. The Kier molecular flexibility index (Phi) is 28.7. The summed E-state index contributed by atoms with van der Waals surface area (Å²) in [6.07, 6.45) is 35.1. The zero-order valence-corrected chi connectivity index (χ0v) is 36.4. The molecule has 5 atom stereocenters. The highest BCUT2D eigenvalue weighted by molar-refractivity contribution is 4.71. The fourth-order valence-corrected chi connectivity index (χ4v) is 8.91. The van der Waals surface area contributed by atoms with Crippen molar-refractivity contribution < 1.29 is 48.1 Å². The van der Waals surface area contributed by atoms with Crippen molar-refractivity contribution in [2.75, 3.05) is 66.1 Å². The van der Waals surface area contributed by atoms with Crippen LogP contribution < -0.4 is 0 Å². The lowest BCUT2D eigenvalue weighted by Crippen LogP contribution is -2.41. The second kappa shape index (κ2) is 33.3. The van der Waals surface area contributed by atoms with Gasteiger partial charge in [0.25, 0.3) is 0 Å². The van der Waals surface area contributed by atoms with Crippen LogP contribution >= 0.6 is 0 Å². The lowest BCUT2D eigenvalue weighted by molar-refractivity contribution is -0.175. The van der Waals surface area contributed by atoms with Crippen molar-refractivity contribution in [2.45, 2.75) is 235 Å². The smallest absolute Gasteiger partial charge is 0.104 e. The second-order valence-corrected chi connectivity index (χ2v) is 18.0. The van der Waals surface area contributed by atoms with Gasteiger partial charge in [0.05, 0.1) is 84.4 Å². The molecule has 0 spiro atoms. The Labute approximate surface area is 348 Å². The van der Waals surface area contributed by atoms with Crippen LogP contribution in [0.5, 0.6) is 0 Å². The lowest BCUT2D eigenvalue weighted by atomic mass is 9.99. The molecule has 0 amide bonds. The van der Waals surface area contributed by atoms with E-state index in [0.29, 0.717) is 52.4 Å². The number of ether oxygens (including phenoxy) is 8. The number of rotatable bonds is 20. The first-order valence-corrected chi connectivity index (χ1v) is 24.3. The van der Waals surface area contributed by atoms with Crippen molar-refractivity contribution in [1.29, 1.82) is 0 Å². The van der Waals surface area contributed by atoms with Gasteiger partial charge in [-0.05, 0) is 38.5 Å². The van der Waals surface area contributed by atoms with Crippen LogP contribution in [0.1, 0.15) is 186 Å². The topological polar surface area (TPSA) is 114 Å². The van der Waals surface area contributed by atoms with E-state index in [9.17, 15) is 10.2 Å². The Morgan fingerprint density at radius 1 is 0.368 bits per heavy atom. The molecular formula is C47H88O10. The monoisotopic (exact) mass is 813 g/mol. The van der Waals surface area contributed by atoms with Crippen molar-refractivity contribution in [2.24, 2.45) is 0 Å². The molecule has 336 valence electrons. The van der Waals surface area contributed by atoms with Crippen LogP contribution in [-0.2, 0) is 37.9 Å². The van der Waals surface area contributed by atoms with Crippen LogP contribution in [0.3, 0.4) is 0 Å². The molecule has 5 unspecified atom stereocenters. The first-order valence-electron chi connectivity index (χ1n) is 24.3. The van der Waals surface area contributed by atoms with E-state index in [4.69, 9.17) is 37.9 Å². The Balaban J connectivity index is 1.10. The molecule has 10 nitrogen and oxygen atoms in total. The summed E-state index contributed by atoms with van der Waals surface area (Å²) < 4.78 is 49.2. The minimum atomic E-state index is -0.766. The molecular weight excluding hydrogens is 725 g/mol. The van der Waals surface area contributed by atoms with E-state index in [1.54, 1.807) is 0 Å². The molecule has 1 saturated heterocycles. The zero-order valence-electron chi connectivity index (χ0n) is 36.4. The van der Waals surface area contributed by atoms with Gasteiger partial charge in [-0.2, -0.15) is 0 Å². The molecule has 4 fully saturated rings. The van der Waals surface area contributed by atoms with Gasteiger partial charge in [0.1, 0.15) is 30.5 Å². The molecule has 0 aromatic rings. The first kappa shape index (κ1) is 49.3. The minimum Gasteiger partial charge on any atom is -0.388 e. The molecule has 1 aliphatic heterocycles. The summed E-state index contributed by atoms with van der Waals surface area (Å²) in [6.45, 7) is 3.36. The molecule has 4 aliphatic rings. The summed E-state index contributed by atoms with van der Waals surface area (Å²) in [5, 5.41) is 21.5. The Bertz CT molecular complexity index is 869. The molecule has 3 saturated carbocycles. The third-order valence-corrected chi connectivity index (χ3v) is 12.5. The molecule has 0 radical (unpaired) electrons. The Hall–Kier alpha value is -0.400. The third-order valence-electron chi connectivity index (χ3n) is 12.5. The van der Waals surface area contributed by atoms with Crippen LogP contribution in [-0.4, -0.2) is 125 Å². The normalized spacial score (nSPS) is 26.4. The zero-order chi connectivity index (χ0) is 39.9. The number of aliphatic hydroxyl groups is 2. The summed E-state index contributed by atoms with van der Waals surface area (Å²) in [5.41, 5.74) is 0. The van der Waals surface area contributed by atoms with E-state index in [1.807, 2.05) is 0 Å². The Morgan fingerprint density at radius 2 is 0.719 bits per heavy atom. The predicted molar refractivity (Wildman–Crippen MR) is 226 cm³/mol. The quantitative estimate of drug-likeness (QED) is 0.123. The maximum Gasteiger partial charge on any atom is 0.104 e. The SMILES string of the molecule is OC(COCC1COC(COC2CCCCCCCCCC2)CO1)COCC(COCC(O)COC1CCCCCCCCCC1)OC1CCCCCCCCC1. The van der Waals surface area contributed by atoms with Crippen LogP contribution in [0.25, 0.3) is 0 Å². The van der Waals surface area contributed by atoms with Crippen molar-refractivity contribution in [1.82, 2.24) is 0 Å². The molecule has 57 heavy (non-hydrogen) atoms. The van der Waals surface area contributed by atoms with E-state index in [1.165, 1.54) is 148 Å². The molecule has 4 rings (SSSR count). The highest BCUT2D eigenvalue weighted by Gasteiger charge is 2.25. The van der Waals surface area contributed by atoms with E-state index in [2.05, 4.69) is 0 Å². The summed E-state index contributed by atoms with van der Waals surface area (Å²) in [5.74, 6) is 0. The maximum atomic E-state index is 10.8. The van der Waals surface area contributed by atoms with Crippen molar-refractivity contribution in [3.63, 3.8) is 0 Å². The average molecular weight is 813 g/mol. The van der Waals surface area contributed by atoms with Crippen molar-refractivity contribution in [3.05, 3.63) is 0 Å². The molecule has 0 bridgehead atoms. The van der Waals surface area contributed by atoms with Crippen LogP contribution in [0, 0.1) is 0 Å². The number of hydrogen-bond donors (Lipinski definition) is 2. The molecule has 1 heterocycles. The third kappa shape index (κ3) is 25.2. The first-order chi connectivity index (χ1) is 28.1. The molecule has 10 heteroatoms. The van der Waals surface area contributed by atoms with E-state index >= 15 is 0 Å². The minimum absolute atomic E-state index is 0.0413. The maximum absolute atomic E-state index is 10.8. The fraction of sp³-hybridized carbons (Fsp3) is 1.00. The highest BCUT2D eigenvalue weighted by atomic mass is 16.6. The number of hydrogen-bond acceptors (Lipinski definition) is 10. The Morgan fingerprint density at radius 3 is 1.16 bits per heavy atom. The molecule has 2 N–H and O–H groups in total. The van der Waals surface area contributed by atoms with Gasteiger partial charge >= 0.3 is 0 Å². The van der Waals surface area contributed by atoms with Crippen LogP contribution in [0.15, 0.2) is 0 Å². The van der Waals surface area contributed by atoms with E-state index in [0.717, 1.165) is 38.5 Å². The summed E-state index contributed by atoms with van der Waals surface area (Å²) in [4.78, 5) is 0. The van der Waals surface area contributed by atoms with Gasteiger partial charge < -0.3 is 48.1 Å². The van der Waals surface area contributed by atoms with Crippen LogP contribution in [0.4, 0.5) is 0 Å². The van der Waals surface area contributed by atoms with Gasteiger partial charge in [-0.1, -0.05) is 148 Å². The predicted octanol–water partition coefficient (Wildman–Crippen LogP) is 9.42. The van der Waals surface area contributed by atoms with Gasteiger partial charge in [0.15, 0.2) is 0 Å². The molecule has 0 aromatic heterocycles. The van der Waals surface area contributed by atoms with Crippen molar-refractivity contribution >= 4 is 0 Å². The standard InChI is InChI=1S/C47H88O10/c48-40(30-50-34-45-37-56-46(39-55-45)38-54-43-26-20-14-8-3-4-9-15-21-27-43)31-51-35-47(57-44-28-22-16-10-5-11-17-23-29-44)36-52-32-41(49)33-53-42-24-18-12-6-1-2-7-13-19-25-42/h40-49H,1-39H2. The van der Waals surface area contributed by atoms with E-state index in [-0.39, 0.29) is 50.3 Å². The summed E-state index contributed by atoms with van der Waals surface area (Å²) >= 11 is 0. The van der Waals surface area contributed by atoms with Gasteiger partial charge in [0.2, 0.25) is 0 Å². The molecule has 3 aliphatic carbocycles. The average Bonchev–Trinajstić information content (AvgIpc) is 3.33. The highest BCUT2D eigenvalue weighted by Crippen LogP contribution is 2.23. The van der Waals surface area contributed by atoms with Gasteiger partial charge in [-0.3, -0.25) is 0 Å². The van der Waals surface area contributed by atoms with Gasteiger partial charge in [-0.15, -0.1) is 0 Å². The second-order valence-electron chi connectivity index (χ2n) is 18.0. The lowest BCUT2D eigenvalue weighted by Gasteiger charge is -2.30. The van der Waals surface area contributed by atoms with Crippen molar-refractivity contribution in [3.8, 4) is 0 Å². The van der Waals surface area contributed by atoms with Gasteiger partial charge in [-0.25, -0.2) is 0 Å². The molecule has 0 aromatic carbocycles. The summed E-state index contributed by atoms with van der Waals surface area (Å²) in [6, 6.07) is 0. The largest absolute Gasteiger partial charge is 0.388 e.